The second kappa shape index (κ2) is 6.52. The minimum atomic E-state index is -0.707. The number of aryl methyl sites for hydroxylation is 2. The SMILES string of the molecule is Cc1ccc(/C=N\NC(=O)[C@@H]2COc3ccccc3O2)c(C)c1. The van der Waals surface area contributed by atoms with Gasteiger partial charge in [-0.05, 0) is 37.1 Å². The first-order valence-electron chi connectivity index (χ1n) is 7.42. The lowest BCUT2D eigenvalue weighted by Gasteiger charge is -2.24. The van der Waals surface area contributed by atoms with Gasteiger partial charge in [0, 0.05) is 0 Å². The van der Waals surface area contributed by atoms with Crippen LogP contribution in [0.5, 0.6) is 11.5 Å². The van der Waals surface area contributed by atoms with Crippen molar-refractivity contribution in [3.63, 3.8) is 0 Å². The van der Waals surface area contributed by atoms with Crippen molar-refractivity contribution in [3.05, 3.63) is 59.2 Å². The van der Waals surface area contributed by atoms with Crippen LogP contribution in [0.1, 0.15) is 16.7 Å². The Balaban J connectivity index is 1.61. The van der Waals surface area contributed by atoms with Crippen LogP contribution in [0.25, 0.3) is 0 Å². The zero-order valence-electron chi connectivity index (χ0n) is 13.1. The summed E-state index contributed by atoms with van der Waals surface area (Å²) in [5.41, 5.74) is 5.75. The summed E-state index contributed by atoms with van der Waals surface area (Å²) in [5.74, 6) is 0.883. The molecule has 0 aromatic heterocycles. The van der Waals surface area contributed by atoms with Crippen molar-refractivity contribution in [3.8, 4) is 11.5 Å². The van der Waals surface area contributed by atoms with Crippen LogP contribution < -0.4 is 14.9 Å². The Hall–Kier alpha value is -2.82. The quantitative estimate of drug-likeness (QED) is 0.700. The molecule has 1 aliphatic rings. The molecule has 1 atom stereocenters. The van der Waals surface area contributed by atoms with Crippen molar-refractivity contribution < 1.29 is 14.3 Å². The molecule has 0 aliphatic carbocycles. The van der Waals surface area contributed by atoms with E-state index in [-0.39, 0.29) is 12.5 Å². The molecule has 2 aromatic carbocycles. The Morgan fingerprint density at radius 3 is 2.78 bits per heavy atom. The van der Waals surface area contributed by atoms with Crippen LogP contribution in [0.3, 0.4) is 0 Å². The van der Waals surface area contributed by atoms with E-state index in [0.717, 1.165) is 11.1 Å². The van der Waals surface area contributed by atoms with Crippen LogP contribution in [0.4, 0.5) is 0 Å². The number of hydrogen-bond acceptors (Lipinski definition) is 4. The van der Waals surface area contributed by atoms with E-state index in [9.17, 15) is 4.79 Å². The number of nitrogens with one attached hydrogen (secondary N) is 1. The predicted molar refractivity (Wildman–Crippen MR) is 88.0 cm³/mol. The number of hydrogen-bond donors (Lipinski definition) is 1. The monoisotopic (exact) mass is 310 g/mol. The van der Waals surface area contributed by atoms with Gasteiger partial charge < -0.3 is 9.47 Å². The van der Waals surface area contributed by atoms with E-state index in [4.69, 9.17) is 9.47 Å². The largest absolute Gasteiger partial charge is 0.485 e. The fourth-order valence-corrected chi connectivity index (χ4v) is 2.36. The first-order valence-corrected chi connectivity index (χ1v) is 7.42. The molecule has 1 N–H and O–H groups in total. The molecule has 0 fully saturated rings. The van der Waals surface area contributed by atoms with Crippen molar-refractivity contribution in [2.24, 2.45) is 5.10 Å². The summed E-state index contributed by atoms with van der Waals surface area (Å²) in [6.45, 7) is 4.21. The maximum atomic E-state index is 12.1. The minimum absolute atomic E-state index is 0.169. The highest BCUT2D eigenvalue weighted by Crippen LogP contribution is 2.30. The Morgan fingerprint density at radius 2 is 2.00 bits per heavy atom. The number of rotatable bonds is 3. The molecule has 0 saturated heterocycles. The molecule has 5 nitrogen and oxygen atoms in total. The molecule has 0 radical (unpaired) electrons. The Labute approximate surface area is 134 Å². The van der Waals surface area contributed by atoms with Crippen LogP contribution >= 0.6 is 0 Å². The molecule has 1 amide bonds. The predicted octanol–water partition coefficient (Wildman–Crippen LogP) is 2.59. The van der Waals surface area contributed by atoms with E-state index < -0.39 is 6.10 Å². The number of benzene rings is 2. The molecule has 5 heteroatoms. The number of amides is 1. The first kappa shape index (κ1) is 15.1. The molecule has 0 saturated carbocycles. The van der Waals surface area contributed by atoms with E-state index in [1.807, 2.05) is 44.2 Å². The lowest BCUT2D eigenvalue weighted by Crippen LogP contribution is -2.42. The molecule has 0 bridgehead atoms. The summed E-state index contributed by atoms with van der Waals surface area (Å²) in [6, 6.07) is 13.3. The number of carbonyl (C=O) groups excluding carboxylic acids is 1. The fourth-order valence-electron chi connectivity index (χ4n) is 2.36. The van der Waals surface area contributed by atoms with Crippen molar-refractivity contribution in [2.45, 2.75) is 20.0 Å². The van der Waals surface area contributed by atoms with Gasteiger partial charge in [-0.15, -0.1) is 0 Å². The van der Waals surface area contributed by atoms with Crippen LogP contribution in [-0.2, 0) is 4.79 Å². The smallest absolute Gasteiger partial charge is 0.284 e. The van der Waals surface area contributed by atoms with Gasteiger partial charge in [-0.3, -0.25) is 4.79 Å². The summed E-state index contributed by atoms with van der Waals surface area (Å²) in [6.07, 6.45) is 0.922. The van der Waals surface area contributed by atoms with E-state index in [1.165, 1.54) is 5.56 Å². The van der Waals surface area contributed by atoms with Gasteiger partial charge in [0.05, 0.1) is 6.21 Å². The highest BCUT2D eigenvalue weighted by molar-refractivity contribution is 5.85. The van der Waals surface area contributed by atoms with Gasteiger partial charge in [0.25, 0.3) is 5.91 Å². The summed E-state index contributed by atoms with van der Waals surface area (Å²) < 4.78 is 11.1. The molecule has 1 heterocycles. The molecule has 0 spiro atoms. The highest BCUT2D eigenvalue weighted by atomic mass is 16.6. The third-order valence-corrected chi connectivity index (χ3v) is 3.60. The van der Waals surface area contributed by atoms with E-state index in [2.05, 4.69) is 16.6 Å². The van der Waals surface area contributed by atoms with E-state index in [0.29, 0.717) is 11.5 Å². The summed E-state index contributed by atoms with van der Waals surface area (Å²) >= 11 is 0. The highest BCUT2D eigenvalue weighted by Gasteiger charge is 2.26. The number of nitrogens with zero attached hydrogens (tertiary/aromatic N) is 1. The number of ether oxygens (including phenoxy) is 2. The van der Waals surface area contributed by atoms with Gasteiger partial charge in [-0.2, -0.15) is 5.10 Å². The molecular weight excluding hydrogens is 292 g/mol. The lowest BCUT2D eigenvalue weighted by molar-refractivity contribution is -0.130. The average molecular weight is 310 g/mol. The van der Waals surface area contributed by atoms with E-state index >= 15 is 0 Å². The molecule has 1 aliphatic heterocycles. The first-order chi connectivity index (χ1) is 11.1. The molecule has 0 unspecified atom stereocenters. The standard InChI is InChI=1S/C18H18N2O3/c1-12-7-8-14(13(2)9-12)10-19-20-18(21)17-11-22-15-5-3-4-6-16(15)23-17/h3-10,17H,11H2,1-2H3,(H,20,21)/b19-10-/t17-/m0/s1. The lowest BCUT2D eigenvalue weighted by atomic mass is 10.1. The van der Waals surface area contributed by atoms with Crippen LogP contribution in [0.15, 0.2) is 47.6 Å². The van der Waals surface area contributed by atoms with Crippen molar-refractivity contribution >= 4 is 12.1 Å². The summed E-state index contributed by atoms with van der Waals surface area (Å²) in [4.78, 5) is 12.1. The van der Waals surface area contributed by atoms with Gasteiger partial charge in [0.15, 0.2) is 11.5 Å². The van der Waals surface area contributed by atoms with Crippen LogP contribution in [0, 0.1) is 13.8 Å². The van der Waals surface area contributed by atoms with Gasteiger partial charge in [0.2, 0.25) is 6.10 Å². The van der Waals surface area contributed by atoms with Crippen LogP contribution in [-0.4, -0.2) is 24.8 Å². The molecular formula is C18H18N2O3. The van der Waals surface area contributed by atoms with Gasteiger partial charge in [-0.1, -0.05) is 35.9 Å². The minimum Gasteiger partial charge on any atom is -0.485 e. The van der Waals surface area contributed by atoms with Crippen molar-refractivity contribution in [2.75, 3.05) is 6.61 Å². The maximum Gasteiger partial charge on any atom is 0.284 e. The van der Waals surface area contributed by atoms with Crippen molar-refractivity contribution in [1.29, 1.82) is 0 Å². The second-order valence-corrected chi connectivity index (χ2v) is 5.46. The van der Waals surface area contributed by atoms with Gasteiger partial charge in [-0.25, -0.2) is 5.43 Å². The summed E-state index contributed by atoms with van der Waals surface area (Å²) in [7, 11) is 0. The van der Waals surface area contributed by atoms with Gasteiger partial charge >= 0.3 is 0 Å². The number of hydrazone groups is 1. The number of carbonyl (C=O) groups is 1. The molecule has 2 aromatic rings. The molecule has 3 rings (SSSR count). The van der Waals surface area contributed by atoms with E-state index in [1.54, 1.807) is 12.3 Å². The Morgan fingerprint density at radius 1 is 1.22 bits per heavy atom. The van der Waals surface area contributed by atoms with Crippen LogP contribution in [0.2, 0.25) is 0 Å². The number of para-hydroxylation sites is 2. The molecule has 23 heavy (non-hydrogen) atoms. The zero-order valence-corrected chi connectivity index (χ0v) is 13.1. The number of fused-ring (bicyclic) bond motifs is 1. The second-order valence-electron chi connectivity index (χ2n) is 5.46. The topological polar surface area (TPSA) is 59.9 Å². The fraction of sp³-hybridized carbons (Fsp3) is 0.222. The molecule has 118 valence electrons. The summed E-state index contributed by atoms with van der Waals surface area (Å²) in [5, 5.41) is 4.00. The van der Waals surface area contributed by atoms with Gasteiger partial charge in [0.1, 0.15) is 6.61 Å². The Kier molecular flexibility index (Phi) is 4.28. The normalized spacial score (nSPS) is 16.3. The average Bonchev–Trinajstić information content (AvgIpc) is 2.56. The third kappa shape index (κ3) is 3.51. The van der Waals surface area contributed by atoms with Crippen molar-refractivity contribution in [1.82, 2.24) is 5.43 Å². The zero-order chi connectivity index (χ0) is 16.2. The maximum absolute atomic E-state index is 12.1. The third-order valence-electron chi connectivity index (χ3n) is 3.60. The Bertz CT molecular complexity index is 756.